The van der Waals surface area contributed by atoms with Crippen molar-refractivity contribution in [2.75, 3.05) is 9.80 Å². The highest BCUT2D eigenvalue weighted by Crippen LogP contribution is 2.43. The molecule has 0 radical (unpaired) electrons. The standard InChI is InChI=1S/C23H30N2/c1-17-11-7-10-16-22(17)25-19(3)18(2)24(21-14-5-4-6-15-21)23(25)20-12-8-9-13-20/h4-7,10-11,14-16,18-20,23H,8-9,12-13H2,1-3H3/t18?,19-,23?/m0/s1. The van der Waals surface area contributed by atoms with Crippen molar-refractivity contribution >= 4 is 11.4 Å². The monoisotopic (exact) mass is 334 g/mol. The van der Waals surface area contributed by atoms with Crippen LogP contribution < -0.4 is 9.80 Å². The number of para-hydroxylation sites is 2. The van der Waals surface area contributed by atoms with Crippen LogP contribution in [-0.4, -0.2) is 18.2 Å². The smallest absolute Gasteiger partial charge is 0.105 e. The van der Waals surface area contributed by atoms with Crippen LogP contribution in [0.4, 0.5) is 11.4 Å². The molecule has 1 heterocycles. The van der Waals surface area contributed by atoms with E-state index in [2.05, 4.69) is 85.2 Å². The molecule has 132 valence electrons. The molecule has 2 aliphatic rings. The molecule has 0 N–H and O–H groups in total. The van der Waals surface area contributed by atoms with Crippen molar-refractivity contribution in [1.82, 2.24) is 0 Å². The van der Waals surface area contributed by atoms with Crippen molar-refractivity contribution in [2.24, 2.45) is 5.92 Å². The van der Waals surface area contributed by atoms with Gasteiger partial charge in [-0.05, 0) is 63.3 Å². The maximum atomic E-state index is 2.73. The quantitative estimate of drug-likeness (QED) is 0.719. The van der Waals surface area contributed by atoms with Crippen molar-refractivity contribution in [3.8, 4) is 0 Å². The first-order chi connectivity index (χ1) is 12.2. The van der Waals surface area contributed by atoms with Gasteiger partial charge in [-0.25, -0.2) is 0 Å². The highest BCUT2D eigenvalue weighted by atomic mass is 15.5. The van der Waals surface area contributed by atoms with E-state index in [1.165, 1.54) is 42.6 Å². The van der Waals surface area contributed by atoms with E-state index >= 15 is 0 Å². The Morgan fingerprint density at radius 2 is 1.36 bits per heavy atom. The third-order valence-corrected chi connectivity index (χ3v) is 6.42. The first kappa shape index (κ1) is 16.5. The van der Waals surface area contributed by atoms with Crippen LogP contribution in [0.3, 0.4) is 0 Å². The molecule has 2 heteroatoms. The number of aryl methyl sites for hydroxylation is 1. The fraction of sp³-hybridized carbons (Fsp3) is 0.478. The highest BCUT2D eigenvalue weighted by Gasteiger charge is 2.47. The van der Waals surface area contributed by atoms with Crippen LogP contribution >= 0.6 is 0 Å². The number of anilines is 2. The van der Waals surface area contributed by atoms with E-state index in [1.807, 2.05) is 0 Å². The summed E-state index contributed by atoms with van der Waals surface area (Å²) in [6.45, 7) is 7.06. The maximum Gasteiger partial charge on any atom is 0.105 e. The first-order valence-corrected chi connectivity index (χ1v) is 9.86. The Balaban J connectivity index is 1.81. The third kappa shape index (κ3) is 2.82. The zero-order valence-electron chi connectivity index (χ0n) is 15.7. The molecule has 2 nitrogen and oxygen atoms in total. The molecule has 25 heavy (non-hydrogen) atoms. The lowest BCUT2D eigenvalue weighted by Crippen LogP contribution is -2.46. The number of nitrogens with zero attached hydrogens (tertiary/aromatic N) is 2. The average Bonchev–Trinajstić information content (AvgIpc) is 3.24. The molecular weight excluding hydrogens is 304 g/mol. The Bertz CT molecular complexity index is 705. The van der Waals surface area contributed by atoms with Gasteiger partial charge in [0, 0.05) is 23.5 Å². The van der Waals surface area contributed by atoms with Crippen molar-refractivity contribution in [3.05, 3.63) is 60.2 Å². The second-order valence-corrected chi connectivity index (χ2v) is 7.88. The maximum absolute atomic E-state index is 2.73. The van der Waals surface area contributed by atoms with E-state index in [9.17, 15) is 0 Å². The molecule has 1 aliphatic heterocycles. The van der Waals surface area contributed by atoms with Gasteiger partial charge in [-0.3, -0.25) is 0 Å². The van der Waals surface area contributed by atoms with Crippen molar-refractivity contribution in [3.63, 3.8) is 0 Å². The minimum absolute atomic E-state index is 0.469. The molecule has 2 unspecified atom stereocenters. The van der Waals surface area contributed by atoms with Gasteiger partial charge in [0.1, 0.15) is 6.17 Å². The fourth-order valence-corrected chi connectivity index (χ4v) is 4.99. The van der Waals surface area contributed by atoms with Crippen LogP contribution in [0.5, 0.6) is 0 Å². The summed E-state index contributed by atoms with van der Waals surface area (Å²) in [6.07, 6.45) is 5.95. The topological polar surface area (TPSA) is 6.48 Å². The van der Waals surface area contributed by atoms with E-state index in [1.54, 1.807) is 0 Å². The molecule has 3 atom stereocenters. The van der Waals surface area contributed by atoms with Crippen molar-refractivity contribution in [2.45, 2.75) is 64.7 Å². The number of hydrogen-bond acceptors (Lipinski definition) is 2. The summed E-state index contributed by atoms with van der Waals surface area (Å²) in [5.74, 6) is 0.757. The van der Waals surface area contributed by atoms with Crippen molar-refractivity contribution in [1.29, 1.82) is 0 Å². The van der Waals surface area contributed by atoms with E-state index < -0.39 is 0 Å². The zero-order chi connectivity index (χ0) is 17.4. The minimum atomic E-state index is 0.469. The molecule has 1 saturated heterocycles. The zero-order valence-corrected chi connectivity index (χ0v) is 15.7. The summed E-state index contributed by atoms with van der Waals surface area (Å²) < 4.78 is 0. The van der Waals surface area contributed by atoms with Crippen molar-refractivity contribution < 1.29 is 0 Å². The minimum Gasteiger partial charge on any atom is -0.346 e. The van der Waals surface area contributed by atoms with Gasteiger partial charge in [0.05, 0.1) is 0 Å². The molecule has 1 saturated carbocycles. The van der Waals surface area contributed by atoms with Gasteiger partial charge in [-0.1, -0.05) is 49.2 Å². The molecule has 0 spiro atoms. The fourth-order valence-electron chi connectivity index (χ4n) is 4.99. The Kier molecular flexibility index (Phi) is 4.45. The average molecular weight is 335 g/mol. The lowest BCUT2D eigenvalue weighted by molar-refractivity contribution is 0.424. The summed E-state index contributed by atoms with van der Waals surface area (Å²) >= 11 is 0. The number of hydrogen-bond donors (Lipinski definition) is 0. The molecular formula is C23H30N2. The Hall–Kier alpha value is -1.96. The lowest BCUT2D eigenvalue weighted by Gasteiger charge is -2.39. The van der Waals surface area contributed by atoms with Crippen LogP contribution in [0.15, 0.2) is 54.6 Å². The Morgan fingerprint density at radius 3 is 2.04 bits per heavy atom. The second-order valence-electron chi connectivity index (χ2n) is 7.88. The van der Waals surface area contributed by atoms with Gasteiger partial charge in [-0.15, -0.1) is 0 Å². The molecule has 0 aromatic heterocycles. The number of benzene rings is 2. The van der Waals surface area contributed by atoms with Crippen LogP contribution in [0.1, 0.15) is 45.1 Å². The molecule has 1 aliphatic carbocycles. The Morgan fingerprint density at radius 1 is 0.760 bits per heavy atom. The molecule has 2 aromatic carbocycles. The third-order valence-electron chi connectivity index (χ3n) is 6.42. The molecule has 0 bridgehead atoms. The lowest BCUT2D eigenvalue weighted by atomic mass is 10.0. The normalized spacial score (nSPS) is 27.2. The van der Waals surface area contributed by atoms with Gasteiger partial charge in [-0.2, -0.15) is 0 Å². The Labute approximate surface area is 152 Å². The van der Waals surface area contributed by atoms with E-state index in [0.29, 0.717) is 18.2 Å². The predicted molar refractivity (Wildman–Crippen MR) is 107 cm³/mol. The summed E-state index contributed by atoms with van der Waals surface area (Å²) in [4.78, 5) is 5.43. The predicted octanol–water partition coefficient (Wildman–Crippen LogP) is 5.61. The largest absolute Gasteiger partial charge is 0.346 e. The number of rotatable bonds is 3. The molecule has 4 rings (SSSR count). The van der Waals surface area contributed by atoms with Gasteiger partial charge in [0.2, 0.25) is 0 Å². The van der Waals surface area contributed by atoms with Gasteiger partial charge >= 0.3 is 0 Å². The van der Waals surface area contributed by atoms with Gasteiger partial charge in [0.25, 0.3) is 0 Å². The van der Waals surface area contributed by atoms with Gasteiger partial charge < -0.3 is 9.80 Å². The molecule has 0 amide bonds. The van der Waals surface area contributed by atoms with Crippen LogP contribution in [-0.2, 0) is 0 Å². The van der Waals surface area contributed by atoms with E-state index in [-0.39, 0.29) is 0 Å². The summed E-state index contributed by atoms with van der Waals surface area (Å²) in [5, 5.41) is 0. The summed E-state index contributed by atoms with van der Waals surface area (Å²) in [7, 11) is 0. The van der Waals surface area contributed by atoms with E-state index in [0.717, 1.165) is 5.92 Å². The van der Waals surface area contributed by atoms with Crippen LogP contribution in [0, 0.1) is 12.8 Å². The second kappa shape index (κ2) is 6.74. The van der Waals surface area contributed by atoms with Crippen LogP contribution in [0.2, 0.25) is 0 Å². The molecule has 2 aromatic rings. The van der Waals surface area contributed by atoms with Crippen LogP contribution in [0.25, 0.3) is 0 Å². The van der Waals surface area contributed by atoms with Gasteiger partial charge in [0.15, 0.2) is 0 Å². The SMILES string of the molecule is Cc1ccccc1N1C(C2CCCC2)N(c2ccccc2)C(C)[C@@H]1C. The highest BCUT2D eigenvalue weighted by molar-refractivity contribution is 5.62. The van der Waals surface area contributed by atoms with E-state index in [4.69, 9.17) is 0 Å². The summed E-state index contributed by atoms with van der Waals surface area (Å²) in [5.41, 5.74) is 4.17. The summed E-state index contributed by atoms with van der Waals surface area (Å²) in [6, 6.07) is 21.0. The first-order valence-electron chi connectivity index (χ1n) is 9.86. The molecule has 2 fully saturated rings.